The lowest BCUT2D eigenvalue weighted by molar-refractivity contribution is 0.158. The first-order valence-electron chi connectivity index (χ1n) is 3.47. The van der Waals surface area contributed by atoms with Gasteiger partial charge in [0.25, 0.3) is 6.49 Å². The van der Waals surface area contributed by atoms with Crippen LogP contribution in [-0.4, -0.2) is 24.2 Å². The molecular weight excluding hydrogens is 233 g/mol. The van der Waals surface area contributed by atoms with Crippen molar-refractivity contribution in [2.75, 3.05) is 7.11 Å². The smallest absolute Gasteiger partial charge is 0.410 e. The third kappa shape index (κ3) is 3.81. The van der Waals surface area contributed by atoms with Crippen LogP contribution in [0.3, 0.4) is 0 Å². The van der Waals surface area contributed by atoms with E-state index in [1.807, 2.05) is 5.09 Å². The summed E-state index contributed by atoms with van der Waals surface area (Å²) in [7, 11) is 2.07. The van der Waals surface area contributed by atoms with Crippen molar-refractivity contribution >= 4 is 34.7 Å². The molecule has 0 aliphatic heterocycles. The van der Waals surface area contributed by atoms with Gasteiger partial charge in [0.05, 0.1) is 0 Å². The van der Waals surface area contributed by atoms with Crippen LogP contribution in [0.2, 0.25) is 0 Å². The molecule has 0 aliphatic carbocycles. The first kappa shape index (κ1) is 13.2. The minimum absolute atomic E-state index is 0.460. The molecule has 0 aromatic heterocycles. The first-order valence-corrected chi connectivity index (χ1v) is 7.72. The molecule has 0 saturated heterocycles. The molecule has 5 nitrogen and oxygen atoms in total. The van der Waals surface area contributed by atoms with E-state index in [0.717, 1.165) is 0 Å². The third-order valence-corrected chi connectivity index (χ3v) is 7.34. The van der Waals surface area contributed by atoms with E-state index in [-0.39, 0.29) is 0 Å². The molecular formula is C5H12NO4PS2. The Morgan fingerprint density at radius 1 is 1.85 bits per heavy atom. The molecule has 0 saturated carbocycles. The minimum atomic E-state index is -3.16. The highest BCUT2D eigenvalue weighted by molar-refractivity contribution is 8.94. The maximum atomic E-state index is 11.8. The fourth-order valence-corrected chi connectivity index (χ4v) is 4.83. The van der Waals surface area contributed by atoms with Gasteiger partial charge in [-0.3, -0.25) is 9.65 Å². The van der Waals surface area contributed by atoms with Crippen LogP contribution in [0.4, 0.5) is 4.79 Å². The average Bonchev–Trinajstić information content (AvgIpc) is 2.05. The number of carboxylic acid groups (broad SMARTS) is 1. The Kier molecular flexibility index (Phi) is 5.87. The van der Waals surface area contributed by atoms with Gasteiger partial charge in [-0.2, -0.15) is 0 Å². The second-order valence-electron chi connectivity index (χ2n) is 2.19. The fraction of sp³-hybridized carbons (Fsp3) is 0.800. The predicted molar refractivity (Wildman–Crippen MR) is 56.4 cm³/mol. The first-order chi connectivity index (χ1) is 6.00. The molecule has 0 aliphatic rings. The predicted octanol–water partition coefficient (Wildman–Crippen LogP) is 2.41. The van der Waals surface area contributed by atoms with Crippen molar-refractivity contribution < 1.29 is 19.2 Å². The van der Waals surface area contributed by atoms with Gasteiger partial charge in [-0.25, -0.2) is 4.79 Å². The number of amides is 1. The standard InChI is InChI=1S/C5H12NO4PS2/c1-3-4(10-2)11(9,13-12)6-5(7)8/h4,12H,3H2,1-2H3,(H,6,9)(H,7,8). The van der Waals surface area contributed by atoms with Crippen LogP contribution in [0.25, 0.3) is 0 Å². The number of ether oxygens (including phenoxy) is 1. The summed E-state index contributed by atoms with van der Waals surface area (Å²) >= 11 is 3.77. The Morgan fingerprint density at radius 3 is 2.62 bits per heavy atom. The summed E-state index contributed by atoms with van der Waals surface area (Å²) in [6.07, 6.45) is -0.873. The maximum absolute atomic E-state index is 11.8. The molecule has 0 rings (SSSR count). The van der Waals surface area contributed by atoms with Gasteiger partial charge < -0.3 is 9.84 Å². The van der Waals surface area contributed by atoms with Crippen LogP contribution in [0.5, 0.6) is 0 Å². The highest BCUT2D eigenvalue weighted by Gasteiger charge is 2.33. The number of nitrogens with one attached hydrogen (secondary N) is 1. The second-order valence-corrected chi connectivity index (χ2v) is 7.94. The van der Waals surface area contributed by atoms with Crippen LogP contribution in [-0.2, 0) is 9.30 Å². The van der Waals surface area contributed by atoms with Crippen molar-refractivity contribution in [3.8, 4) is 0 Å². The van der Waals surface area contributed by atoms with E-state index in [2.05, 4.69) is 11.7 Å². The Bertz CT molecular complexity index is 221. The van der Waals surface area contributed by atoms with Crippen molar-refractivity contribution in [2.45, 2.75) is 19.2 Å². The maximum Gasteiger partial charge on any atom is 0.410 e. The molecule has 2 atom stereocenters. The van der Waals surface area contributed by atoms with E-state index in [0.29, 0.717) is 16.8 Å². The zero-order chi connectivity index (χ0) is 10.5. The summed E-state index contributed by atoms with van der Waals surface area (Å²) < 4.78 is 16.7. The minimum Gasteiger partial charge on any atom is -0.465 e. The highest BCUT2D eigenvalue weighted by atomic mass is 33.3. The lowest BCUT2D eigenvalue weighted by Gasteiger charge is -2.22. The van der Waals surface area contributed by atoms with E-state index in [1.165, 1.54) is 7.11 Å². The Hall–Kier alpha value is 0.160. The van der Waals surface area contributed by atoms with E-state index in [9.17, 15) is 9.36 Å². The number of rotatable bonds is 5. The molecule has 1 amide bonds. The molecule has 0 radical (unpaired) electrons. The lowest BCUT2D eigenvalue weighted by atomic mass is 10.5. The zero-order valence-electron chi connectivity index (χ0n) is 7.26. The highest BCUT2D eigenvalue weighted by Crippen LogP contribution is 2.61. The van der Waals surface area contributed by atoms with E-state index in [4.69, 9.17) is 9.84 Å². The SMILES string of the molecule is CCC(OC)P(=O)(NC(=O)O)SS. The Labute approximate surface area is 85.6 Å². The molecule has 2 unspecified atom stereocenters. The van der Waals surface area contributed by atoms with Crippen LogP contribution in [0.1, 0.15) is 13.3 Å². The quantitative estimate of drug-likeness (QED) is 0.394. The van der Waals surface area contributed by atoms with E-state index < -0.39 is 18.4 Å². The number of carbonyl (C=O) groups is 1. The molecule has 0 aromatic carbocycles. The largest absolute Gasteiger partial charge is 0.465 e. The van der Waals surface area contributed by atoms with Gasteiger partial charge in [-0.05, 0) is 16.8 Å². The summed E-state index contributed by atoms with van der Waals surface area (Å²) in [5.74, 6) is -0.633. The van der Waals surface area contributed by atoms with Gasteiger partial charge in [0.1, 0.15) is 5.85 Å². The normalized spacial score (nSPS) is 17.5. The molecule has 0 aromatic rings. The summed E-state index contributed by atoms with van der Waals surface area (Å²) in [6.45, 7) is -1.40. The summed E-state index contributed by atoms with van der Waals surface area (Å²) in [5, 5.41) is 10.4. The van der Waals surface area contributed by atoms with Gasteiger partial charge >= 0.3 is 6.09 Å². The molecule has 2 N–H and O–H groups in total. The molecule has 0 spiro atoms. The molecule has 0 bridgehead atoms. The van der Waals surface area contributed by atoms with Crippen LogP contribution < -0.4 is 5.09 Å². The monoisotopic (exact) mass is 245 g/mol. The van der Waals surface area contributed by atoms with E-state index in [1.54, 1.807) is 6.92 Å². The van der Waals surface area contributed by atoms with Crippen LogP contribution in [0.15, 0.2) is 0 Å². The summed E-state index contributed by atoms with van der Waals surface area (Å²) in [6, 6.07) is 0. The molecule has 78 valence electrons. The van der Waals surface area contributed by atoms with Crippen molar-refractivity contribution in [2.24, 2.45) is 0 Å². The number of hydrogen-bond acceptors (Lipinski definition) is 5. The number of methoxy groups -OCH3 is 1. The zero-order valence-corrected chi connectivity index (χ0v) is 9.86. The van der Waals surface area contributed by atoms with Gasteiger partial charge in [0, 0.05) is 7.11 Å². The van der Waals surface area contributed by atoms with Crippen LogP contribution in [0, 0.1) is 0 Å². The van der Waals surface area contributed by atoms with Crippen molar-refractivity contribution in [3.05, 3.63) is 0 Å². The average molecular weight is 245 g/mol. The molecule has 0 fully saturated rings. The Morgan fingerprint density at radius 2 is 2.38 bits per heavy atom. The van der Waals surface area contributed by atoms with Gasteiger partial charge in [-0.1, -0.05) is 6.92 Å². The second kappa shape index (κ2) is 5.80. The Balaban J connectivity index is 4.59. The third-order valence-electron chi connectivity index (χ3n) is 1.37. The van der Waals surface area contributed by atoms with Crippen LogP contribution >= 0.6 is 28.6 Å². The topological polar surface area (TPSA) is 75.6 Å². The summed E-state index contributed by atoms with van der Waals surface area (Å²) in [5.41, 5.74) is 0. The van der Waals surface area contributed by atoms with Gasteiger partial charge in [0.2, 0.25) is 0 Å². The lowest BCUT2D eigenvalue weighted by Crippen LogP contribution is -2.23. The molecule has 0 heterocycles. The summed E-state index contributed by atoms with van der Waals surface area (Å²) in [4.78, 5) is 10.3. The number of thiol groups is 1. The van der Waals surface area contributed by atoms with E-state index >= 15 is 0 Å². The van der Waals surface area contributed by atoms with Gasteiger partial charge in [0.15, 0.2) is 0 Å². The van der Waals surface area contributed by atoms with Crippen molar-refractivity contribution in [1.82, 2.24) is 5.09 Å². The number of hydrogen-bond donors (Lipinski definition) is 3. The molecule has 8 heteroatoms. The van der Waals surface area contributed by atoms with Crippen molar-refractivity contribution in [1.29, 1.82) is 0 Å². The fourth-order valence-electron chi connectivity index (χ4n) is 0.824. The van der Waals surface area contributed by atoms with Gasteiger partial charge in [-0.15, -0.1) is 11.7 Å². The molecule has 13 heavy (non-hydrogen) atoms. The van der Waals surface area contributed by atoms with Crippen molar-refractivity contribution in [3.63, 3.8) is 0 Å².